The van der Waals surface area contributed by atoms with Crippen molar-refractivity contribution >= 4 is 0 Å². The quantitative estimate of drug-likeness (QED) is 0.708. The Hall–Kier alpha value is -1.22. The molecule has 0 saturated heterocycles. The minimum absolute atomic E-state index is 0.00340. The number of aromatic hydroxyl groups is 2. The fourth-order valence-electron chi connectivity index (χ4n) is 1.60. The molecular formula is C14H23NO2. The standard InChI is InChI=1S/C14H23NO2/c1-9(15-10(2)14(3,4)5)12-8-11(16)6-7-13(12)17/h6-10,15-17H,1-5H3. The van der Waals surface area contributed by atoms with Gasteiger partial charge in [-0.05, 0) is 37.5 Å². The molecule has 0 aliphatic heterocycles. The first-order valence-corrected chi connectivity index (χ1v) is 5.99. The molecule has 0 fully saturated rings. The first kappa shape index (κ1) is 13.8. The molecule has 0 heterocycles. The monoisotopic (exact) mass is 237 g/mol. The van der Waals surface area contributed by atoms with E-state index in [-0.39, 0.29) is 23.0 Å². The third-order valence-corrected chi connectivity index (χ3v) is 3.28. The normalized spacial score (nSPS) is 15.6. The number of phenolic OH excluding ortho intramolecular Hbond substituents is 2. The number of rotatable bonds is 3. The van der Waals surface area contributed by atoms with E-state index in [0.29, 0.717) is 6.04 Å². The molecule has 3 heteroatoms. The lowest BCUT2D eigenvalue weighted by molar-refractivity contribution is 0.266. The SMILES string of the molecule is CC(NC(C)C(C)(C)C)c1cc(O)ccc1O. The number of hydrogen-bond donors (Lipinski definition) is 3. The van der Waals surface area contributed by atoms with Gasteiger partial charge in [-0.25, -0.2) is 0 Å². The van der Waals surface area contributed by atoms with E-state index in [1.54, 1.807) is 6.07 Å². The molecule has 0 aromatic heterocycles. The zero-order chi connectivity index (χ0) is 13.2. The van der Waals surface area contributed by atoms with E-state index in [1.165, 1.54) is 12.1 Å². The Balaban J connectivity index is 2.83. The van der Waals surface area contributed by atoms with Crippen molar-refractivity contribution in [2.45, 2.75) is 46.7 Å². The van der Waals surface area contributed by atoms with Gasteiger partial charge in [-0.1, -0.05) is 20.8 Å². The summed E-state index contributed by atoms with van der Waals surface area (Å²) in [5.74, 6) is 0.388. The van der Waals surface area contributed by atoms with Gasteiger partial charge in [0.25, 0.3) is 0 Å². The summed E-state index contributed by atoms with van der Waals surface area (Å²) in [6.07, 6.45) is 0. The van der Waals surface area contributed by atoms with Crippen molar-refractivity contribution < 1.29 is 10.2 Å². The summed E-state index contributed by atoms with van der Waals surface area (Å²) in [5, 5.41) is 22.6. The van der Waals surface area contributed by atoms with Crippen molar-refractivity contribution in [1.82, 2.24) is 5.32 Å². The van der Waals surface area contributed by atoms with Crippen LogP contribution < -0.4 is 5.32 Å². The molecule has 0 aliphatic rings. The van der Waals surface area contributed by atoms with Crippen LogP contribution in [-0.4, -0.2) is 16.3 Å². The smallest absolute Gasteiger partial charge is 0.120 e. The van der Waals surface area contributed by atoms with Gasteiger partial charge >= 0.3 is 0 Å². The Morgan fingerprint density at radius 1 is 1.12 bits per heavy atom. The first-order valence-electron chi connectivity index (χ1n) is 5.99. The second kappa shape index (κ2) is 4.96. The van der Waals surface area contributed by atoms with Gasteiger partial charge in [0.15, 0.2) is 0 Å². The average molecular weight is 237 g/mol. The molecule has 2 atom stereocenters. The number of hydrogen-bond acceptors (Lipinski definition) is 3. The molecule has 1 aromatic rings. The maximum Gasteiger partial charge on any atom is 0.120 e. The van der Waals surface area contributed by atoms with Gasteiger partial charge in [0.2, 0.25) is 0 Å². The van der Waals surface area contributed by atoms with Crippen LogP contribution in [0.3, 0.4) is 0 Å². The zero-order valence-electron chi connectivity index (χ0n) is 11.3. The summed E-state index contributed by atoms with van der Waals surface area (Å²) >= 11 is 0. The van der Waals surface area contributed by atoms with Crippen LogP contribution in [0.15, 0.2) is 18.2 Å². The highest BCUT2D eigenvalue weighted by Gasteiger charge is 2.22. The van der Waals surface area contributed by atoms with E-state index < -0.39 is 0 Å². The van der Waals surface area contributed by atoms with Gasteiger partial charge < -0.3 is 15.5 Å². The largest absolute Gasteiger partial charge is 0.508 e. The lowest BCUT2D eigenvalue weighted by Crippen LogP contribution is -2.39. The first-order chi connectivity index (χ1) is 7.71. The van der Waals surface area contributed by atoms with Crippen LogP contribution in [0.4, 0.5) is 0 Å². The van der Waals surface area contributed by atoms with Crippen LogP contribution in [0.5, 0.6) is 11.5 Å². The predicted molar refractivity (Wildman–Crippen MR) is 70.2 cm³/mol. The molecule has 0 radical (unpaired) electrons. The topological polar surface area (TPSA) is 52.5 Å². The van der Waals surface area contributed by atoms with Crippen LogP contribution in [0.25, 0.3) is 0 Å². The van der Waals surface area contributed by atoms with Crippen molar-refractivity contribution in [2.24, 2.45) is 5.41 Å². The van der Waals surface area contributed by atoms with Crippen LogP contribution >= 0.6 is 0 Å². The molecule has 96 valence electrons. The van der Waals surface area contributed by atoms with Crippen molar-refractivity contribution in [3.63, 3.8) is 0 Å². The Kier molecular flexibility index (Phi) is 4.04. The number of phenols is 2. The highest BCUT2D eigenvalue weighted by molar-refractivity contribution is 5.40. The van der Waals surface area contributed by atoms with Gasteiger partial charge in [-0.2, -0.15) is 0 Å². The van der Waals surface area contributed by atoms with Crippen LogP contribution in [-0.2, 0) is 0 Å². The molecule has 1 aromatic carbocycles. The molecule has 17 heavy (non-hydrogen) atoms. The van der Waals surface area contributed by atoms with E-state index in [9.17, 15) is 10.2 Å². The Labute approximate surface area is 103 Å². The highest BCUT2D eigenvalue weighted by Crippen LogP contribution is 2.29. The summed E-state index contributed by atoms with van der Waals surface area (Å²) in [5.41, 5.74) is 0.877. The Morgan fingerprint density at radius 2 is 1.71 bits per heavy atom. The summed E-state index contributed by atoms with van der Waals surface area (Å²) < 4.78 is 0. The highest BCUT2D eigenvalue weighted by atomic mass is 16.3. The molecule has 0 spiro atoms. The molecule has 3 nitrogen and oxygen atoms in total. The molecule has 1 rings (SSSR count). The van der Waals surface area contributed by atoms with Gasteiger partial charge in [0.05, 0.1) is 0 Å². The zero-order valence-corrected chi connectivity index (χ0v) is 11.3. The Morgan fingerprint density at radius 3 is 2.24 bits per heavy atom. The van der Waals surface area contributed by atoms with E-state index >= 15 is 0 Å². The minimum Gasteiger partial charge on any atom is -0.508 e. The Bertz CT molecular complexity index is 382. The lowest BCUT2D eigenvalue weighted by Gasteiger charge is -2.31. The molecule has 0 saturated carbocycles. The van der Waals surface area contributed by atoms with Gasteiger partial charge in [0.1, 0.15) is 11.5 Å². The molecule has 0 bridgehead atoms. The molecule has 2 unspecified atom stereocenters. The van der Waals surface area contributed by atoms with Gasteiger partial charge in [0, 0.05) is 17.6 Å². The molecule has 0 amide bonds. The predicted octanol–water partition coefficient (Wildman–Crippen LogP) is 3.18. The van der Waals surface area contributed by atoms with Crippen LogP contribution in [0, 0.1) is 5.41 Å². The summed E-state index contributed by atoms with van der Waals surface area (Å²) in [4.78, 5) is 0. The van der Waals surface area contributed by atoms with E-state index in [1.807, 2.05) is 6.92 Å². The minimum atomic E-state index is -0.00340. The molecular weight excluding hydrogens is 214 g/mol. The van der Waals surface area contributed by atoms with Crippen molar-refractivity contribution in [3.8, 4) is 11.5 Å². The summed E-state index contributed by atoms with van der Waals surface area (Å²) in [7, 11) is 0. The van der Waals surface area contributed by atoms with Crippen molar-refractivity contribution in [3.05, 3.63) is 23.8 Å². The third kappa shape index (κ3) is 3.63. The van der Waals surface area contributed by atoms with Crippen LogP contribution in [0.2, 0.25) is 0 Å². The fraction of sp³-hybridized carbons (Fsp3) is 0.571. The van der Waals surface area contributed by atoms with Crippen molar-refractivity contribution in [1.29, 1.82) is 0 Å². The maximum absolute atomic E-state index is 9.77. The van der Waals surface area contributed by atoms with E-state index in [2.05, 4.69) is 33.0 Å². The van der Waals surface area contributed by atoms with Gasteiger partial charge in [-0.15, -0.1) is 0 Å². The summed E-state index contributed by atoms with van der Waals surface area (Å²) in [6.45, 7) is 10.6. The van der Waals surface area contributed by atoms with Gasteiger partial charge in [-0.3, -0.25) is 0 Å². The number of nitrogens with one attached hydrogen (secondary N) is 1. The third-order valence-electron chi connectivity index (χ3n) is 3.28. The maximum atomic E-state index is 9.77. The second-order valence-electron chi connectivity index (χ2n) is 5.72. The van der Waals surface area contributed by atoms with E-state index in [4.69, 9.17) is 0 Å². The molecule has 0 aliphatic carbocycles. The lowest BCUT2D eigenvalue weighted by atomic mass is 9.87. The van der Waals surface area contributed by atoms with E-state index in [0.717, 1.165) is 5.56 Å². The number of benzene rings is 1. The summed E-state index contributed by atoms with van der Waals surface area (Å²) in [6, 6.07) is 4.90. The average Bonchev–Trinajstić information content (AvgIpc) is 2.20. The fourth-order valence-corrected chi connectivity index (χ4v) is 1.60. The second-order valence-corrected chi connectivity index (χ2v) is 5.72. The van der Waals surface area contributed by atoms with Crippen LogP contribution in [0.1, 0.15) is 46.2 Å². The van der Waals surface area contributed by atoms with Crippen molar-refractivity contribution in [2.75, 3.05) is 0 Å². The molecule has 3 N–H and O–H groups in total.